The van der Waals surface area contributed by atoms with Gasteiger partial charge < -0.3 is 15.2 Å². The number of quaternary nitrogens is 1. The summed E-state index contributed by atoms with van der Waals surface area (Å²) in [4.78, 5) is 0. The lowest BCUT2D eigenvalue weighted by Gasteiger charge is -2.09. The first-order valence-corrected chi connectivity index (χ1v) is 5.40. The highest BCUT2D eigenvalue weighted by molar-refractivity contribution is 5.48. The predicted octanol–water partition coefficient (Wildman–Crippen LogP) is 0.803. The van der Waals surface area contributed by atoms with Crippen molar-refractivity contribution >= 4 is 0 Å². The highest BCUT2D eigenvalue weighted by atomic mass is 16.5. The zero-order chi connectivity index (χ0) is 10.8. The maximum absolute atomic E-state index is 5.72. The second-order valence-electron chi connectivity index (χ2n) is 4.01. The van der Waals surface area contributed by atoms with Crippen LogP contribution in [0.1, 0.15) is 18.1 Å². The van der Waals surface area contributed by atoms with Gasteiger partial charge in [0.15, 0.2) is 0 Å². The van der Waals surface area contributed by atoms with Gasteiger partial charge in [0, 0.05) is 24.0 Å². The Hall–Kier alpha value is -1.22. The van der Waals surface area contributed by atoms with Gasteiger partial charge in [-0.3, -0.25) is 0 Å². The molecule has 3 nitrogen and oxygen atoms in total. The Labute approximate surface area is 90.2 Å². The van der Waals surface area contributed by atoms with E-state index in [-0.39, 0.29) is 0 Å². The average molecular weight is 208 g/mol. The third-order valence-electron chi connectivity index (χ3n) is 2.75. The van der Waals surface area contributed by atoms with Crippen LogP contribution in [0, 0.1) is 0 Å². The summed E-state index contributed by atoms with van der Waals surface area (Å²) in [6, 6.07) is 4.20. The Bertz CT molecular complexity index is 363. The molecule has 0 saturated carbocycles. The van der Waals surface area contributed by atoms with Gasteiger partial charge in [0.25, 0.3) is 0 Å². The molecule has 0 radical (unpaired) electrons. The van der Waals surface area contributed by atoms with Crippen LogP contribution in [0.2, 0.25) is 0 Å². The highest BCUT2D eigenvalue weighted by Crippen LogP contribution is 2.34. The van der Waals surface area contributed by atoms with Crippen LogP contribution in [-0.2, 0) is 12.8 Å². The standard InChI is InChI=1S/C12H17NO2/c1-8-5-10-7-11(14-2)9(3-4-13)6-12(10)15-8/h6-8H,3-5,13H2,1-2H3/p+1. The maximum Gasteiger partial charge on any atom is 0.123 e. The van der Waals surface area contributed by atoms with Crippen molar-refractivity contribution in [1.29, 1.82) is 0 Å². The molecule has 3 heteroatoms. The molecule has 15 heavy (non-hydrogen) atoms. The molecule has 0 amide bonds. The Morgan fingerprint density at radius 1 is 1.53 bits per heavy atom. The van der Waals surface area contributed by atoms with Gasteiger partial charge in [0.2, 0.25) is 0 Å². The van der Waals surface area contributed by atoms with E-state index in [0.717, 1.165) is 30.9 Å². The molecule has 1 aliphatic heterocycles. The monoisotopic (exact) mass is 208 g/mol. The van der Waals surface area contributed by atoms with Gasteiger partial charge in [-0.05, 0) is 19.1 Å². The number of fused-ring (bicyclic) bond motifs is 1. The lowest BCUT2D eigenvalue weighted by Crippen LogP contribution is -2.51. The molecule has 0 aliphatic carbocycles. The van der Waals surface area contributed by atoms with Gasteiger partial charge in [0.1, 0.15) is 17.6 Å². The summed E-state index contributed by atoms with van der Waals surface area (Å²) in [7, 11) is 1.72. The minimum atomic E-state index is 0.291. The van der Waals surface area contributed by atoms with Gasteiger partial charge in [-0.15, -0.1) is 0 Å². The molecule has 1 aromatic carbocycles. The average Bonchev–Trinajstić information content (AvgIpc) is 2.56. The number of hydrogen-bond donors (Lipinski definition) is 1. The summed E-state index contributed by atoms with van der Waals surface area (Å²) in [6.07, 6.45) is 2.21. The Balaban J connectivity index is 2.36. The first-order valence-electron chi connectivity index (χ1n) is 5.40. The van der Waals surface area contributed by atoms with Crippen molar-refractivity contribution in [2.75, 3.05) is 13.7 Å². The number of ether oxygens (including phenoxy) is 2. The molecular weight excluding hydrogens is 190 g/mol. The van der Waals surface area contributed by atoms with Gasteiger partial charge in [-0.2, -0.15) is 0 Å². The largest absolute Gasteiger partial charge is 0.496 e. The molecule has 1 heterocycles. The Morgan fingerprint density at radius 2 is 2.33 bits per heavy atom. The minimum absolute atomic E-state index is 0.291. The molecule has 0 saturated heterocycles. The third kappa shape index (κ3) is 1.92. The van der Waals surface area contributed by atoms with Crippen LogP contribution in [0.4, 0.5) is 0 Å². The predicted molar refractivity (Wildman–Crippen MR) is 58.2 cm³/mol. The van der Waals surface area contributed by atoms with E-state index in [2.05, 4.69) is 24.8 Å². The smallest absolute Gasteiger partial charge is 0.123 e. The van der Waals surface area contributed by atoms with Crippen LogP contribution in [-0.4, -0.2) is 19.8 Å². The minimum Gasteiger partial charge on any atom is -0.496 e. The van der Waals surface area contributed by atoms with Crippen LogP contribution < -0.4 is 15.2 Å². The molecule has 1 unspecified atom stereocenters. The van der Waals surface area contributed by atoms with E-state index in [1.54, 1.807) is 7.11 Å². The number of methoxy groups -OCH3 is 1. The van der Waals surface area contributed by atoms with E-state index < -0.39 is 0 Å². The van der Waals surface area contributed by atoms with Crippen LogP contribution in [0.5, 0.6) is 11.5 Å². The van der Waals surface area contributed by atoms with E-state index in [1.807, 2.05) is 0 Å². The molecule has 1 aromatic rings. The van der Waals surface area contributed by atoms with Crippen molar-refractivity contribution in [1.82, 2.24) is 0 Å². The highest BCUT2D eigenvalue weighted by Gasteiger charge is 2.21. The second kappa shape index (κ2) is 4.11. The molecule has 0 bridgehead atoms. The summed E-state index contributed by atoms with van der Waals surface area (Å²) >= 11 is 0. The van der Waals surface area contributed by atoms with Crippen molar-refractivity contribution in [3.8, 4) is 11.5 Å². The van der Waals surface area contributed by atoms with E-state index in [4.69, 9.17) is 9.47 Å². The van der Waals surface area contributed by atoms with Crippen molar-refractivity contribution in [2.24, 2.45) is 0 Å². The van der Waals surface area contributed by atoms with E-state index in [1.165, 1.54) is 11.1 Å². The van der Waals surface area contributed by atoms with E-state index >= 15 is 0 Å². The molecule has 0 spiro atoms. The van der Waals surface area contributed by atoms with Crippen molar-refractivity contribution in [3.63, 3.8) is 0 Å². The second-order valence-corrected chi connectivity index (χ2v) is 4.01. The summed E-state index contributed by atoms with van der Waals surface area (Å²) in [5, 5.41) is 0. The molecule has 2 rings (SSSR count). The van der Waals surface area contributed by atoms with Crippen LogP contribution in [0.25, 0.3) is 0 Å². The third-order valence-corrected chi connectivity index (χ3v) is 2.75. The van der Waals surface area contributed by atoms with Gasteiger partial charge >= 0.3 is 0 Å². The Kier molecular flexibility index (Phi) is 2.82. The molecule has 0 aromatic heterocycles. The van der Waals surface area contributed by atoms with Crippen LogP contribution >= 0.6 is 0 Å². The van der Waals surface area contributed by atoms with Gasteiger partial charge in [0.05, 0.1) is 13.7 Å². The fourth-order valence-corrected chi connectivity index (χ4v) is 2.06. The van der Waals surface area contributed by atoms with Crippen LogP contribution in [0.3, 0.4) is 0 Å². The summed E-state index contributed by atoms with van der Waals surface area (Å²) in [5.74, 6) is 1.99. The first-order chi connectivity index (χ1) is 7.24. The lowest BCUT2D eigenvalue weighted by molar-refractivity contribution is -0.366. The molecular formula is C12H18NO2+. The van der Waals surface area contributed by atoms with E-state index in [9.17, 15) is 0 Å². The van der Waals surface area contributed by atoms with Crippen LogP contribution in [0.15, 0.2) is 12.1 Å². The number of rotatable bonds is 3. The molecule has 1 aliphatic rings. The van der Waals surface area contributed by atoms with Gasteiger partial charge in [-0.1, -0.05) is 0 Å². The van der Waals surface area contributed by atoms with Crippen molar-refractivity contribution < 1.29 is 15.2 Å². The molecule has 0 fully saturated rings. The quantitative estimate of drug-likeness (QED) is 0.798. The fourth-order valence-electron chi connectivity index (χ4n) is 2.06. The topological polar surface area (TPSA) is 46.1 Å². The number of benzene rings is 1. The maximum atomic E-state index is 5.72. The summed E-state index contributed by atoms with van der Waals surface area (Å²) in [5.41, 5.74) is 6.32. The van der Waals surface area contributed by atoms with E-state index in [0.29, 0.717) is 6.10 Å². The molecule has 3 N–H and O–H groups in total. The normalized spacial score (nSPS) is 18.5. The van der Waals surface area contributed by atoms with Gasteiger partial charge in [-0.25, -0.2) is 0 Å². The molecule has 1 atom stereocenters. The summed E-state index contributed by atoms with van der Waals surface area (Å²) < 4.78 is 11.1. The first kappa shape index (κ1) is 10.3. The zero-order valence-corrected chi connectivity index (χ0v) is 9.38. The zero-order valence-electron chi connectivity index (χ0n) is 9.38. The Morgan fingerprint density at radius 3 is 3.00 bits per heavy atom. The molecule has 82 valence electrons. The number of hydrogen-bond acceptors (Lipinski definition) is 2. The SMILES string of the molecule is COc1cc2c(cc1CC[NH3+])OC(C)C2. The van der Waals surface area contributed by atoms with Crippen molar-refractivity contribution in [2.45, 2.75) is 25.9 Å². The lowest BCUT2D eigenvalue weighted by atomic mass is 10.0. The summed E-state index contributed by atoms with van der Waals surface area (Å²) in [6.45, 7) is 2.97. The fraction of sp³-hybridized carbons (Fsp3) is 0.500. The van der Waals surface area contributed by atoms with Crippen molar-refractivity contribution in [3.05, 3.63) is 23.3 Å².